The standard InChI is InChI=1S/C15H18NP.3ClH.Cr/c1-13(2)16-17(14-9-5-3-6-10-14)15-11-7-4-8-12-15;;;;/h3-13,16H,1-2H3;3*1H;. The summed E-state index contributed by atoms with van der Waals surface area (Å²) in [6, 6.07) is 21.9. The Morgan fingerprint density at radius 2 is 1.05 bits per heavy atom. The molecule has 0 unspecified atom stereocenters. The zero-order chi connectivity index (χ0) is 12.1. The molecule has 0 aliphatic carbocycles. The van der Waals surface area contributed by atoms with E-state index in [1.807, 2.05) is 0 Å². The van der Waals surface area contributed by atoms with Crippen LogP contribution in [0.1, 0.15) is 13.8 Å². The SMILES string of the molecule is CC(C)NP(c1ccccc1)c1ccccc1.Cl.Cl.Cl.[Cr]. The van der Waals surface area contributed by atoms with E-state index in [-0.39, 0.29) is 54.6 Å². The first kappa shape index (κ1) is 26.1. The first-order chi connectivity index (χ1) is 8.27. The third-order valence-electron chi connectivity index (χ3n) is 2.42. The van der Waals surface area contributed by atoms with Gasteiger partial charge in [0, 0.05) is 31.5 Å². The summed E-state index contributed by atoms with van der Waals surface area (Å²) in [5, 5.41) is 6.43. The van der Waals surface area contributed by atoms with Gasteiger partial charge in [0.05, 0.1) is 0 Å². The molecule has 1 N–H and O–H groups in total. The summed E-state index contributed by atoms with van der Waals surface area (Å²) in [6.45, 7) is 4.39. The summed E-state index contributed by atoms with van der Waals surface area (Å²) < 4.78 is 0. The van der Waals surface area contributed by atoms with E-state index in [2.05, 4.69) is 79.6 Å². The van der Waals surface area contributed by atoms with Crippen molar-refractivity contribution in [3.63, 3.8) is 0 Å². The molecule has 0 atom stereocenters. The van der Waals surface area contributed by atoms with Crippen LogP contribution in [0.4, 0.5) is 0 Å². The van der Waals surface area contributed by atoms with Crippen molar-refractivity contribution in [2.75, 3.05) is 0 Å². The maximum atomic E-state index is 3.68. The van der Waals surface area contributed by atoms with Gasteiger partial charge in [0.15, 0.2) is 0 Å². The first-order valence-electron chi connectivity index (χ1n) is 5.94. The minimum absolute atomic E-state index is 0. The molecule has 21 heavy (non-hydrogen) atoms. The van der Waals surface area contributed by atoms with Crippen LogP contribution in [0.3, 0.4) is 0 Å². The Labute approximate surface area is 158 Å². The molecule has 0 fully saturated rings. The molecule has 0 radical (unpaired) electrons. The second-order valence-corrected chi connectivity index (χ2v) is 6.25. The summed E-state index contributed by atoms with van der Waals surface area (Å²) in [6.07, 6.45) is 0. The number of halogens is 3. The summed E-state index contributed by atoms with van der Waals surface area (Å²) in [5.41, 5.74) is 0. The molecule has 0 heterocycles. The fourth-order valence-electron chi connectivity index (χ4n) is 1.71. The van der Waals surface area contributed by atoms with Gasteiger partial charge in [0.1, 0.15) is 0 Å². The predicted octanol–water partition coefficient (Wildman–Crippen LogP) is 4.30. The van der Waals surface area contributed by atoms with Crippen molar-refractivity contribution < 1.29 is 17.4 Å². The van der Waals surface area contributed by atoms with Crippen LogP contribution >= 0.6 is 45.3 Å². The third kappa shape index (κ3) is 8.44. The largest absolute Gasteiger partial charge is 0.286 e. The Hall–Kier alpha value is 0.232. The summed E-state index contributed by atoms with van der Waals surface area (Å²) in [4.78, 5) is 0. The Morgan fingerprint density at radius 1 is 0.714 bits per heavy atom. The average Bonchev–Trinajstić information content (AvgIpc) is 2.38. The van der Waals surface area contributed by atoms with Crippen molar-refractivity contribution in [3.8, 4) is 0 Å². The van der Waals surface area contributed by atoms with Gasteiger partial charge >= 0.3 is 0 Å². The molecule has 0 bridgehead atoms. The summed E-state index contributed by atoms with van der Waals surface area (Å²) in [7, 11) is -0.440. The molecule has 0 spiro atoms. The van der Waals surface area contributed by atoms with Crippen molar-refractivity contribution in [2.45, 2.75) is 19.9 Å². The topological polar surface area (TPSA) is 12.0 Å². The van der Waals surface area contributed by atoms with Crippen LogP contribution in [0.2, 0.25) is 0 Å². The van der Waals surface area contributed by atoms with Gasteiger partial charge < -0.3 is 0 Å². The quantitative estimate of drug-likeness (QED) is 0.750. The predicted molar refractivity (Wildman–Crippen MR) is 99.1 cm³/mol. The van der Waals surface area contributed by atoms with E-state index >= 15 is 0 Å². The van der Waals surface area contributed by atoms with E-state index < -0.39 is 8.07 Å². The smallest absolute Gasteiger partial charge is 0.0255 e. The molecule has 0 amide bonds. The number of hydrogen-bond acceptors (Lipinski definition) is 1. The Balaban J connectivity index is -0.000000810. The Kier molecular flexibility index (Phi) is 17.3. The van der Waals surface area contributed by atoms with Crippen LogP contribution in [-0.4, -0.2) is 6.04 Å². The van der Waals surface area contributed by atoms with Gasteiger partial charge in [-0.25, -0.2) is 0 Å². The maximum absolute atomic E-state index is 3.68. The Morgan fingerprint density at radius 3 is 1.33 bits per heavy atom. The molecular formula is C15H21Cl3CrNP. The zero-order valence-corrected chi connectivity index (χ0v) is 16.5. The van der Waals surface area contributed by atoms with Gasteiger partial charge in [-0.05, 0) is 24.5 Å². The van der Waals surface area contributed by atoms with Gasteiger partial charge in [0.25, 0.3) is 0 Å². The van der Waals surface area contributed by atoms with Crippen LogP contribution in [0.25, 0.3) is 0 Å². The third-order valence-corrected chi connectivity index (χ3v) is 4.82. The van der Waals surface area contributed by atoms with E-state index in [0.29, 0.717) is 6.04 Å². The maximum Gasteiger partial charge on any atom is 0.0255 e. The van der Waals surface area contributed by atoms with Crippen LogP contribution < -0.4 is 15.7 Å². The van der Waals surface area contributed by atoms with Crippen LogP contribution in [0, 0.1) is 0 Å². The molecule has 2 aromatic rings. The number of hydrogen-bond donors (Lipinski definition) is 1. The molecule has 0 saturated carbocycles. The van der Waals surface area contributed by atoms with Gasteiger partial charge in [-0.15, -0.1) is 37.2 Å². The normalized spacial score (nSPS) is 8.95. The molecule has 0 saturated heterocycles. The van der Waals surface area contributed by atoms with Crippen molar-refractivity contribution in [1.29, 1.82) is 0 Å². The first-order valence-corrected chi connectivity index (χ1v) is 7.28. The van der Waals surface area contributed by atoms with E-state index in [4.69, 9.17) is 0 Å². The number of benzene rings is 2. The summed E-state index contributed by atoms with van der Waals surface area (Å²) >= 11 is 0. The van der Waals surface area contributed by atoms with Crippen LogP contribution in [0.5, 0.6) is 0 Å². The second kappa shape index (κ2) is 13.9. The van der Waals surface area contributed by atoms with Crippen molar-refractivity contribution >= 4 is 55.9 Å². The molecule has 2 rings (SSSR count). The van der Waals surface area contributed by atoms with Crippen molar-refractivity contribution in [1.82, 2.24) is 5.09 Å². The molecular weight excluding hydrogens is 384 g/mol. The van der Waals surface area contributed by atoms with Gasteiger partial charge in [-0.3, -0.25) is 5.09 Å². The molecule has 1 nitrogen and oxygen atoms in total. The second-order valence-electron chi connectivity index (χ2n) is 4.29. The van der Waals surface area contributed by atoms with E-state index in [1.54, 1.807) is 0 Å². The van der Waals surface area contributed by atoms with E-state index in [9.17, 15) is 0 Å². The van der Waals surface area contributed by atoms with Crippen molar-refractivity contribution in [3.05, 3.63) is 60.7 Å². The van der Waals surface area contributed by atoms with Gasteiger partial charge in [0.2, 0.25) is 0 Å². The molecule has 0 aliphatic rings. The van der Waals surface area contributed by atoms with E-state index in [1.165, 1.54) is 10.6 Å². The van der Waals surface area contributed by atoms with Crippen LogP contribution in [-0.2, 0) is 17.4 Å². The average molecular weight is 405 g/mol. The number of rotatable bonds is 4. The molecule has 2 aromatic carbocycles. The molecule has 0 aromatic heterocycles. The Bertz CT molecular complexity index is 417. The minimum atomic E-state index is -0.440. The molecule has 6 heteroatoms. The minimum Gasteiger partial charge on any atom is -0.286 e. The van der Waals surface area contributed by atoms with E-state index in [0.717, 1.165) is 0 Å². The van der Waals surface area contributed by atoms with Crippen molar-refractivity contribution in [2.24, 2.45) is 0 Å². The van der Waals surface area contributed by atoms with Crippen LogP contribution in [0.15, 0.2) is 60.7 Å². The van der Waals surface area contributed by atoms with Gasteiger partial charge in [-0.1, -0.05) is 60.7 Å². The fraction of sp³-hybridized carbons (Fsp3) is 0.200. The van der Waals surface area contributed by atoms with Gasteiger partial charge in [-0.2, -0.15) is 0 Å². The fourth-order valence-corrected chi connectivity index (χ4v) is 3.76. The monoisotopic (exact) mass is 403 g/mol. The summed E-state index contributed by atoms with van der Waals surface area (Å²) in [5.74, 6) is 0. The zero-order valence-electron chi connectivity index (χ0n) is 11.9. The molecule has 118 valence electrons. The number of nitrogens with one attached hydrogen (secondary N) is 1. The molecule has 0 aliphatic heterocycles.